The summed E-state index contributed by atoms with van der Waals surface area (Å²) in [4.78, 5) is 0.333. The highest BCUT2D eigenvalue weighted by Gasteiger charge is 2.17. The smallest absolute Gasteiger partial charge is 0.262 e. The summed E-state index contributed by atoms with van der Waals surface area (Å²) in [6.07, 6.45) is 0.874. The number of anilines is 1. The molecule has 0 unspecified atom stereocenters. The molecular formula is C16H19NO2S. The average molecular weight is 289 g/mol. The first-order valence-electron chi connectivity index (χ1n) is 6.61. The zero-order chi connectivity index (χ0) is 14.8. The van der Waals surface area contributed by atoms with E-state index in [1.165, 1.54) is 0 Å². The number of hydrogen-bond acceptors (Lipinski definition) is 2. The van der Waals surface area contributed by atoms with E-state index in [-0.39, 0.29) is 0 Å². The Balaban J connectivity index is 2.38. The van der Waals surface area contributed by atoms with Gasteiger partial charge in [-0.3, -0.25) is 4.72 Å². The first kappa shape index (κ1) is 14.6. The monoisotopic (exact) mass is 289 g/mol. The second kappa shape index (κ2) is 5.67. The highest BCUT2D eigenvalue weighted by molar-refractivity contribution is 7.92. The highest BCUT2D eigenvalue weighted by atomic mass is 32.2. The minimum absolute atomic E-state index is 0.333. The summed E-state index contributed by atoms with van der Waals surface area (Å²) in [5.41, 5.74) is 3.38. The van der Waals surface area contributed by atoms with Crippen molar-refractivity contribution in [3.8, 4) is 0 Å². The molecule has 20 heavy (non-hydrogen) atoms. The van der Waals surface area contributed by atoms with Gasteiger partial charge < -0.3 is 0 Å². The summed E-state index contributed by atoms with van der Waals surface area (Å²) < 4.78 is 27.6. The van der Waals surface area contributed by atoms with E-state index in [1.54, 1.807) is 19.1 Å². The van der Waals surface area contributed by atoms with E-state index in [2.05, 4.69) is 4.72 Å². The molecule has 0 aliphatic heterocycles. The van der Waals surface area contributed by atoms with Crippen molar-refractivity contribution in [2.75, 3.05) is 4.72 Å². The normalized spacial score (nSPS) is 11.3. The van der Waals surface area contributed by atoms with E-state index >= 15 is 0 Å². The van der Waals surface area contributed by atoms with Crippen LogP contribution < -0.4 is 4.72 Å². The molecule has 1 N–H and O–H groups in total. The van der Waals surface area contributed by atoms with Gasteiger partial charge >= 0.3 is 0 Å². The van der Waals surface area contributed by atoms with Crippen LogP contribution in [0.4, 0.5) is 5.69 Å². The van der Waals surface area contributed by atoms with Crippen LogP contribution in [-0.4, -0.2) is 8.42 Å². The van der Waals surface area contributed by atoms with Crippen molar-refractivity contribution in [3.63, 3.8) is 0 Å². The van der Waals surface area contributed by atoms with E-state index in [1.807, 2.05) is 44.2 Å². The number of aryl methyl sites for hydroxylation is 3. The maximum absolute atomic E-state index is 12.5. The molecule has 2 rings (SSSR count). The topological polar surface area (TPSA) is 46.2 Å². The second-order valence-corrected chi connectivity index (χ2v) is 6.58. The van der Waals surface area contributed by atoms with Crippen LogP contribution in [0.1, 0.15) is 23.6 Å². The minimum Gasteiger partial charge on any atom is -0.280 e. The van der Waals surface area contributed by atoms with Gasteiger partial charge in [-0.1, -0.05) is 31.2 Å². The summed E-state index contributed by atoms with van der Waals surface area (Å²) in [7, 11) is -3.54. The molecule has 0 amide bonds. The molecule has 2 aromatic rings. The first-order valence-corrected chi connectivity index (χ1v) is 8.09. The van der Waals surface area contributed by atoms with Crippen molar-refractivity contribution >= 4 is 15.7 Å². The molecular weight excluding hydrogens is 270 g/mol. The van der Waals surface area contributed by atoms with Gasteiger partial charge in [-0.2, -0.15) is 0 Å². The number of nitrogens with one attached hydrogen (secondary N) is 1. The van der Waals surface area contributed by atoms with E-state index in [0.717, 1.165) is 23.1 Å². The Morgan fingerprint density at radius 2 is 1.80 bits per heavy atom. The van der Waals surface area contributed by atoms with Gasteiger partial charge in [-0.25, -0.2) is 8.42 Å². The largest absolute Gasteiger partial charge is 0.280 e. The summed E-state index contributed by atoms with van der Waals surface area (Å²) in [6.45, 7) is 5.73. The lowest BCUT2D eigenvalue weighted by Crippen LogP contribution is -2.14. The molecule has 0 aromatic heterocycles. The van der Waals surface area contributed by atoms with Gasteiger partial charge in [0.15, 0.2) is 0 Å². The Hall–Kier alpha value is -1.81. The predicted molar refractivity (Wildman–Crippen MR) is 82.5 cm³/mol. The average Bonchev–Trinajstić information content (AvgIpc) is 2.41. The molecule has 0 fully saturated rings. The summed E-state index contributed by atoms with van der Waals surface area (Å²) in [5.74, 6) is 0. The third kappa shape index (κ3) is 3.20. The lowest BCUT2D eigenvalue weighted by atomic mass is 10.1. The summed E-state index contributed by atoms with van der Waals surface area (Å²) >= 11 is 0. The second-order valence-electron chi connectivity index (χ2n) is 4.93. The molecule has 0 saturated heterocycles. The Morgan fingerprint density at radius 1 is 1.05 bits per heavy atom. The first-order chi connectivity index (χ1) is 9.42. The van der Waals surface area contributed by atoms with E-state index in [0.29, 0.717) is 10.6 Å². The van der Waals surface area contributed by atoms with Gasteiger partial charge in [0, 0.05) is 5.69 Å². The van der Waals surface area contributed by atoms with E-state index < -0.39 is 10.0 Å². The molecule has 106 valence electrons. The van der Waals surface area contributed by atoms with Gasteiger partial charge in [-0.15, -0.1) is 0 Å². The summed E-state index contributed by atoms with van der Waals surface area (Å²) in [6, 6.07) is 12.9. The maximum Gasteiger partial charge on any atom is 0.262 e. The van der Waals surface area contributed by atoms with Crippen LogP contribution in [0.25, 0.3) is 0 Å². The number of hydrogen-bond donors (Lipinski definition) is 1. The zero-order valence-electron chi connectivity index (χ0n) is 12.0. The number of rotatable bonds is 4. The van der Waals surface area contributed by atoms with Crippen LogP contribution >= 0.6 is 0 Å². The van der Waals surface area contributed by atoms with Crippen molar-refractivity contribution < 1.29 is 8.42 Å². The molecule has 0 bridgehead atoms. The SMILES string of the molecule is CCc1cccc(NS(=O)(=O)c2cc(C)ccc2C)c1. The van der Waals surface area contributed by atoms with Gasteiger partial charge in [0.25, 0.3) is 10.0 Å². The number of benzene rings is 2. The van der Waals surface area contributed by atoms with Crippen LogP contribution in [-0.2, 0) is 16.4 Å². The van der Waals surface area contributed by atoms with Gasteiger partial charge in [0.2, 0.25) is 0 Å². The highest BCUT2D eigenvalue weighted by Crippen LogP contribution is 2.21. The fourth-order valence-corrected chi connectivity index (χ4v) is 3.44. The Kier molecular flexibility index (Phi) is 4.14. The zero-order valence-corrected chi connectivity index (χ0v) is 12.8. The Labute approximate surface area is 120 Å². The fraction of sp³-hybridized carbons (Fsp3) is 0.250. The van der Waals surface area contributed by atoms with E-state index in [4.69, 9.17) is 0 Å². The maximum atomic E-state index is 12.5. The van der Waals surface area contributed by atoms with Gasteiger partial charge in [-0.05, 0) is 55.2 Å². The van der Waals surface area contributed by atoms with Crippen molar-refractivity contribution in [1.29, 1.82) is 0 Å². The molecule has 0 aliphatic rings. The van der Waals surface area contributed by atoms with Crippen LogP contribution in [0.15, 0.2) is 47.4 Å². The molecule has 0 radical (unpaired) electrons. The quantitative estimate of drug-likeness (QED) is 0.933. The Bertz CT molecular complexity index is 721. The van der Waals surface area contributed by atoms with Crippen LogP contribution in [0.2, 0.25) is 0 Å². The molecule has 3 nitrogen and oxygen atoms in total. The third-order valence-corrected chi connectivity index (χ3v) is 4.74. The molecule has 0 aliphatic carbocycles. The fourth-order valence-electron chi connectivity index (χ4n) is 2.06. The molecule has 0 saturated carbocycles. The number of sulfonamides is 1. The summed E-state index contributed by atoms with van der Waals surface area (Å²) in [5, 5.41) is 0. The molecule has 0 spiro atoms. The van der Waals surface area contributed by atoms with Crippen molar-refractivity contribution in [3.05, 3.63) is 59.2 Å². The minimum atomic E-state index is -3.54. The molecule has 0 heterocycles. The van der Waals surface area contributed by atoms with Crippen LogP contribution in [0.5, 0.6) is 0 Å². The molecule has 2 aromatic carbocycles. The van der Waals surface area contributed by atoms with Crippen molar-refractivity contribution in [2.24, 2.45) is 0 Å². The molecule has 4 heteroatoms. The standard InChI is InChI=1S/C16H19NO2S/c1-4-14-6-5-7-15(11-14)17-20(18,19)16-10-12(2)8-9-13(16)3/h5-11,17H,4H2,1-3H3. The van der Waals surface area contributed by atoms with Crippen LogP contribution in [0.3, 0.4) is 0 Å². The van der Waals surface area contributed by atoms with Gasteiger partial charge in [0.05, 0.1) is 4.90 Å². The molecule has 0 atom stereocenters. The lowest BCUT2D eigenvalue weighted by molar-refractivity contribution is 0.600. The van der Waals surface area contributed by atoms with Gasteiger partial charge in [0.1, 0.15) is 0 Å². The third-order valence-electron chi connectivity index (χ3n) is 3.22. The van der Waals surface area contributed by atoms with Crippen molar-refractivity contribution in [1.82, 2.24) is 0 Å². The lowest BCUT2D eigenvalue weighted by Gasteiger charge is -2.11. The predicted octanol–water partition coefficient (Wildman–Crippen LogP) is 3.67. The van der Waals surface area contributed by atoms with Crippen molar-refractivity contribution in [2.45, 2.75) is 32.1 Å². The van der Waals surface area contributed by atoms with E-state index in [9.17, 15) is 8.42 Å². The Morgan fingerprint density at radius 3 is 2.50 bits per heavy atom. The van der Waals surface area contributed by atoms with Crippen LogP contribution in [0, 0.1) is 13.8 Å².